The molecule has 3 nitrogen and oxygen atoms in total. The molecule has 0 unspecified atom stereocenters. The second kappa shape index (κ2) is 4.07. The van der Waals surface area contributed by atoms with Crippen LogP contribution in [0.1, 0.15) is 11.3 Å². The van der Waals surface area contributed by atoms with Gasteiger partial charge in [-0.3, -0.25) is 4.79 Å². The van der Waals surface area contributed by atoms with E-state index in [1.807, 2.05) is 18.2 Å². The van der Waals surface area contributed by atoms with E-state index in [4.69, 9.17) is 9.47 Å². The summed E-state index contributed by atoms with van der Waals surface area (Å²) < 4.78 is 11.7. The molecule has 3 rings (SSSR count). The standard InChI is InChI=1S/C11H9BrO3S/c12-9-2-1-8(16-9)4-6-3-7-5-14-11(15-7)10(6)13/h1-2,4,7,11H,3,5H2/b6-4+/t7-,11+/m0/s1. The first kappa shape index (κ1) is 10.7. The predicted octanol–water partition coefficient (Wildman–Crippen LogP) is 2.61. The van der Waals surface area contributed by atoms with E-state index in [9.17, 15) is 4.79 Å². The highest BCUT2D eigenvalue weighted by atomic mass is 79.9. The Morgan fingerprint density at radius 3 is 3.12 bits per heavy atom. The first-order chi connectivity index (χ1) is 7.72. The van der Waals surface area contributed by atoms with Crippen LogP contribution in [0.4, 0.5) is 0 Å². The summed E-state index contributed by atoms with van der Waals surface area (Å²) in [6.07, 6.45) is 1.99. The van der Waals surface area contributed by atoms with Crippen LogP contribution in [0.2, 0.25) is 0 Å². The summed E-state index contributed by atoms with van der Waals surface area (Å²) in [7, 11) is 0. The Morgan fingerprint density at radius 2 is 2.38 bits per heavy atom. The highest BCUT2D eigenvalue weighted by Gasteiger charge is 2.39. The number of halogens is 1. The molecule has 2 bridgehead atoms. The van der Waals surface area contributed by atoms with E-state index >= 15 is 0 Å². The van der Waals surface area contributed by atoms with Crippen LogP contribution in [0.3, 0.4) is 0 Å². The van der Waals surface area contributed by atoms with Crippen molar-refractivity contribution in [3.63, 3.8) is 0 Å². The highest BCUT2D eigenvalue weighted by molar-refractivity contribution is 9.11. The van der Waals surface area contributed by atoms with Gasteiger partial charge in [0.25, 0.3) is 0 Å². The third-order valence-corrected chi connectivity index (χ3v) is 4.21. The third-order valence-electron chi connectivity index (χ3n) is 2.64. The van der Waals surface area contributed by atoms with Crippen LogP contribution in [0.25, 0.3) is 6.08 Å². The van der Waals surface area contributed by atoms with Crippen LogP contribution >= 0.6 is 27.3 Å². The van der Waals surface area contributed by atoms with E-state index in [0.717, 1.165) is 14.2 Å². The average molecular weight is 301 g/mol. The van der Waals surface area contributed by atoms with E-state index in [1.54, 1.807) is 11.3 Å². The molecule has 1 aromatic rings. The van der Waals surface area contributed by atoms with E-state index in [2.05, 4.69) is 15.9 Å². The zero-order chi connectivity index (χ0) is 11.1. The van der Waals surface area contributed by atoms with Gasteiger partial charge < -0.3 is 9.47 Å². The Bertz CT molecular complexity index is 466. The second-order valence-corrected chi connectivity index (χ2v) is 6.30. The van der Waals surface area contributed by atoms with Crippen LogP contribution in [0, 0.1) is 0 Å². The summed E-state index contributed by atoms with van der Waals surface area (Å²) in [5.74, 6) is -0.0294. The molecule has 0 saturated carbocycles. The Morgan fingerprint density at radius 1 is 1.50 bits per heavy atom. The minimum Gasteiger partial charge on any atom is -0.343 e. The first-order valence-corrected chi connectivity index (χ1v) is 6.60. The number of ketones is 1. The minimum atomic E-state index is -0.659. The molecule has 2 aliphatic heterocycles. The van der Waals surface area contributed by atoms with Crippen molar-refractivity contribution < 1.29 is 14.3 Å². The number of thiophene rings is 1. The number of fused-ring (bicyclic) bond motifs is 2. The molecule has 2 atom stereocenters. The summed E-state index contributed by atoms with van der Waals surface area (Å²) in [6.45, 7) is 0.530. The van der Waals surface area contributed by atoms with E-state index < -0.39 is 6.29 Å². The van der Waals surface area contributed by atoms with Gasteiger partial charge in [-0.2, -0.15) is 0 Å². The number of hydrogen-bond acceptors (Lipinski definition) is 4. The molecular weight excluding hydrogens is 292 g/mol. The first-order valence-electron chi connectivity index (χ1n) is 4.99. The van der Waals surface area contributed by atoms with Crippen molar-refractivity contribution in [2.45, 2.75) is 18.8 Å². The van der Waals surface area contributed by atoms with Gasteiger partial charge in [0.2, 0.25) is 12.1 Å². The summed E-state index contributed by atoms with van der Waals surface area (Å²) in [5, 5.41) is 0. The number of hydrogen-bond donors (Lipinski definition) is 0. The monoisotopic (exact) mass is 300 g/mol. The molecule has 2 aliphatic rings. The quantitative estimate of drug-likeness (QED) is 0.748. The van der Waals surface area contributed by atoms with Gasteiger partial charge in [-0.1, -0.05) is 0 Å². The molecule has 5 heteroatoms. The van der Waals surface area contributed by atoms with Crippen LogP contribution in [-0.4, -0.2) is 24.8 Å². The van der Waals surface area contributed by atoms with Gasteiger partial charge in [0.1, 0.15) is 0 Å². The molecule has 2 fully saturated rings. The van der Waals surface area contributed by atoms with Crippen molar-refractivity contribution in [1.29, 1.82) is 0 Å². The fourth-order valence-electron chi connectivity index (χ4n) is 1.90. The van der Waals surface area contributed by atoms with Crippen molar-refractivity contribution in [1.82, 2.24) is 0 Å². The lowest BCUT2D eigenvalue weighted by Gasteiger charge is -2.18. The lowest BCUT2D eigenvalue weighted by atomic mass is 10.0. The van der Waals surface area contributed by atoms with E-state index in [0.29, 0.717) is 13.0 Å². The van der Waals surface area contributed by atoms with Gasteiger partial charge in [-0.15, -0.1) is 11.3 Å². The number of carbonyl (C=O) groups is 1. The predicted molar refractivity (Wildman–Crippen MR) is 64.2 cm³/mol. The normalized spacial score (nSPS) is 31.3. The van der Waals surface area contributed by atoms with E-state index in [-0.39, 0.29) is 11.9 Å². The number of carbonyl (C=O) groups excluding carboxylic acids is 1. The second-order valence-electron chi connectivity index (χ2n) is 3.80. The zero-order valence-corrected chi connectivity index (χ0v) is 10.7. The summed E-state index contributed by atoms with van der Waals surface area (Å²) in [4.78, 5) is 12.9. The summed E-state index contributed by atoms with van der Waals surface area (Å²) in [5.41, 5.74) is 0.813. The summed E-state index contributed by atoms with van der Waals surface area (Å²) in [6, 6.07) is 3.97. The zero-order valence-electron chi connectivity index (χ0n) is 8.31. The minimum absolute atomic E-state index is 0.0294. The lowest BCUT2D eigenvalue weighted by molar-refractivity contribution is -0.146. The third kappa shape index (κ3) is 1.88. The molecule has 0 spiro atoms. The molecule has 1 aromatic heterocycles. The Hall–Kier alpha value is -0.490. The van der Waals surface area contributed by atoms with Crippen molar-refractivity contribution in [2.75, 3.05) is 6.61 Å². The highest BCUT2D eigenvalue weighted by Crippen LogP contribution is 2.31. The topological polar surface area (TPSA) is 35.5 Å². The van der Waals surface area contributed by atoms with Crippen molar-refractivity contribution >= 4 is 39.1 Å². The molecular formula is C11H9BrO3S. The van der Waals surface area contributed by atoms with Gasteiger partial charge in [-0.05, 0) is 34.1 Å². The maximum absolute atomic E-state index is 11.9. The smallest absolute Gasteiger partial charge is 0.222 e. The fraction of sp³-hybridized carbons (Fsp3) is 0.364. The number of ether oxygens (including phenoxy) is 2. The van der Waals surface area contributed by atoms with Crippen molar-refractivity contribution in [3.8, 4) is 0 Å². The fourth-order valence-corrected chi connectivity index (χ4v) is 3.29. The van der Waals surface area contributed by atoms with Crippen LogP contribution in [-0.2, 0) is 14.3 Å². The molecule has 0 aromatic carbocycles. The van der Waals surface area contributed by atoms with Crippen molar-refractivity contribution in [3.05, 3.63) is 26.4 Å². The molecule has 0 aliphatic carbocycles. The lowest BCUT2D eigenvalue weighted by Crippen LogP contribution is -2.30. The van der Waals surface area contributed by atoms with Crippen LogP contribution in [0.15, 0.2) is 21.5 Å². The molecule has 16 heavy (non-hydrogen) atoms. The maximum Gasteiger partial charge on any atom is 0.222 e. The maximum atomic E-state index is 11.9. The molecule has 0 amide bonds. The number of rotatable bonds is 1. The molecule has 84 valence electrons. The van der Waals surface area contributed by atoms with Crippen LogP contribution < -0.4 is 0 Å². The molecule has 0 radical (unpaired) electrons. The Labute approximate surface area is 105 Å². The molecule has 3 heterocycles. The summed E-state index contributed by atoms with van der Waals surface area (Å²) >= 11 is 5.02. The Balaban J connectivity index is 1.89. The van der Waals surface area contributed by atoms with E-state index in [1.165, 1.54) is 0 Å². The molecule has 2 saturated heterocycles. The van der Waals surface area contributed by atoms with Gasteiger partial charge in [-0.25, -0.2) is 0 Å². The van der Waals surface area contributed by atoms with Gasteiger partial charge in [0, 0.05) is 16.9 Å². The van der Waals surface area contributed by atoms with Gasteiger partial charge >= 0.3 is 0 Å². The van der Waals surface area contributed by atoms with Gasteiger partial charge in [0.15, 0.2) is 0 Å². The van der Waals surface area contributed by atoms with Crippen LogP contribution in [0.5, 0.6) is 0 Å². The number of Topliss-reactive ketones (excluding diaryl/α,β-unsaturated/α-hetero) is 1. The van der Waals surface area contributed by atoms with Gasteiger partial charge in [0.05, 0.1) is 16.5 Å². The molecule has 0 N–H and O–H groups in total. The van der Waals surface area contributed by atoms with Crippen molar-refractivity contribution in [2.24, 2.45) is 0 Å². The Kier molecular flexibility index (Phi) is 2.71. The average Bonchev–Trinajstić information content (AvgIpc) is 2.83. The SMILES string of the molecule is O=C1/C(=C/c2ccc(Br)s2)C[C@H]2CO[C@@H]1O2. The largest absolute Gasteiger partial charge is 0.343 e.